The maximum atomic E-state index is 11.4. The number of unbranched alkanes of at least 4 members (excludes halogenated alkanes) is 4. The number of carbonyl (C=O) groups is 1. The molecule has 0 saturated carbocycles. The molecule has 0 saturated heterocycles. The average Bonchev–Trinajstić information content (AvgIpc) is 2.79. The molecule has 0 aliphatic carbocycles. The van der Waals surface area contributed by atoms with Crippen molar-refractivity contribution in [2.45, 2.75) is 32.1 Å². The molecule has 1 heterocycles. The molecule has 0 radical (unpaired) electrons. The third-order valence-corrected chi connectivity index (χ3v) is 3.72. The molecule has 104 valence electrons. The number of ether oxygens (including phenoxy) is 2. The summed E-state index contributed by atoms with van der Waals surface area (Å²) >= 11 is 3.43. The van der Waals surface area contributed by atoms with Crippen LogP contribution in [0.15, 0.2) is 18.2 Å². The molecule has 1 aliphatic heterocycles. The lowest BCUT2D eigenvalue weighted by Crippen LogP contribution is -1.98. The summed E-state index contributed by atoms with van der Waals surface area (Å²) < 4.78 is 11.0. The number of hydrogen-bond donors (Lipinski definition) is 0. The smallest absolute Gasteiger partial charge is 0.203 e. The van der Waals surface area contributed by atoms with Gasteiger partial charge in [0.2, 0.25) is 5.78 Å². The van der Waals surface area contributed by atoms with Crippen LogP contribution in [-0.4, -0.2) is 24.3 Å². The lowest BCUT2D eigenvalue weighted by molar-refractivity contribution is 0.0961. The monoisotopic (exact) mass is 326 g/mol. The molecule has 1 aromatic carbocycles. The van der Waals surface area contributed by atoms with Crippen molar-refractivity contribution in [2.24, 2.45) is 0 Å². The Labute approximate surface area is 122 Å². The van der Waals surface area contributed by atoms with E-state index in [2.05, 4.69) is 15.9 Å². The van der Waals surface area contributed by atoms with Crippen molar-refractivity contribution in [1.29, 1.82) is 0 Å². The van der Waals surface area contributed by atoms with E-state index in [0.717, 1.165) is 24.1 Å². The number of carbonyl (C=O) groups excluding carboxylic acids is 1. The van der Waals surface area contributed by atoms with Crippen LogP contribution in [-0.2, 0) is 0 Å². The fourth-order valence-corrected chi connectivity index (χ4v) is 2.48. The first-order valence-electron chi connectivity index (χ1n) is 6.80. The van der Waals surface area contributed by atoms with E-state index in [-0.39, 0.29) is 12.4 Å². The average molecular weight is 327 g/mol. The van der Waals surface area contributed by atoms with Gasteiger partial charge in [0.15, 0.2) is 6.61 Å². The molecule has 0 aromatic heterocycles. The van der Waals surface area contributed by atoms with E-state index in [9.17, 15) is 4.79 Å². The van der Waals surface area contributed by atoms with Crippen molar-refractivity contribution in [1.82, 2.24) is 0 Å². The van der Waals surface area contributed by atoms with Crippen LogP contribution in [0.2, 0.25) is 0 Å². The summed E-state index contributed by atoms with van der Waals surface area (Å²) in [6.45, 7) is 0.882. The van der Waals surface area contributed by atoms with Gasteiger partial charge >= 0.3 is 0 Å². The summed E-state index contributed by atoms with van der Waals surface area (Å²) in [5.74, 6) is 1.49. The van der Waals surface area contributed by atoms with Gasteiger partial charge in [-0.25, -0.2) is 0 Å². The first-order valence-corrected chi connectivity index (χ1v) is 7.92. The molecule has 2 rings (SSSR count). The van der Waals surface area contributed by atoms with Crippen LogP contribution in [0.25, 0.3) is 0 Å². The molecule has 0 bridgehead atoms. The normalized spacial score (nSPS) is 13.2. The molecule has 19 heavy (non-hydrogen) atoms. The van der Waals surface area contributed by atoms with E-state index in [0.29, 0.717) is 11.3 Å². The highest BCUT2D eigenvalue weighted by Gasteiger charge is 2.21. The fraction of sp³-hybridized carbons (Fsp3) is 0.533. The molecule has 0 fully saturated rings. The Morgan fingerprint density at radius 2 is 1.95 bits per heavy atom. The first kappa shape index (κ1) is 14.4. The van der Waals surface area contributed by atoms with Gasteiger partial charge in [0, 0.05) is 11.4 Å². The maximum Gasteiger partial charge on any atom is 0.203 e. The van der Waals surface area contributed by atoms with Crippen molar-refractivity contribution >= 4 is 21.7 Å². The summed E-state index contributed by atoms with van der Waals surface area (Å²) in [6, 6.07) is 5.44. The molecule has 0 N–H and O–H groups in total. The summed E-state index contributed by atoms with van der Waals surface area (Å²) in [4.78, 5) is 11.4. The van der Waals surface area contributed by atoms with Gasteiger partial charge in [0.05, 0.1) is 12.2 Å². The van der Waals surface area contributed by atoms with E-state index in [1.54, 1.807) is 6.07 Å². The standard InChI is InChI=1S/C15H19BrO3/c16-8-4-2-1-3-5-9-18-12-6-7-13-14(17)11-19-15(13)10-12/h6-7,10H,1-5,8-9,11H2. The summed E-state index contributed by atoms with van der Waals surface area (Å²) in [6.07, 6.45) is 6.06. The van der Waals surface area contributed by atoms with Crippen LogP contribution in [0.3, 0.4) is 0 Å². The molecule has 4 heteroatoms. The van der Waals surface area contributed by atoms with Crippen molar-refractivity contribution in [3.05, 3.63) is 23.8 Å². The third kappa shape index (κ3) is 4.23. The number of benzene rings is 1. The lowest BCUT2D eigenvalue weighted by atomic mass is 10.1. The SMILES string of the molecule is O=C1COc2cc(OCCCCCCCBr)ccc21. The molecule has 0 amide bonds. The van der Waals surface area contributed by atoms with Gasteiger partial charge in [-0.3, -0.25) is 4.79 Å². The number of fused-ring (bicyclic) bond motifs is 1. The summed E-state index contributed by atoms with van der Waals surface area (Å²) in [5, 5.41) is 1.09. The Balaban J connectivity index is 1.68. The summed E-state index contributed by atoms with van der Waals surface area (Å²) in [7, 11) is 0. The molecule has 1 aromatic rings. The fourth-order valence-electron chi connectivity index (χ4n) is 2.08. The van der Waals surface area contributed by atoms with Crippen LogP contribution in [0, 0.1) is 0 Å². The van der Waals surface area contributed by atoms with E-state index in [1.165, 1.54) is 25.7 Å². The topological polar surface area (TPSA) is 35.5 Å². The number of rotatable bonds is 8. The Morgan fingerprint density at radius 1 is 1.16 bits per heavy atom. The van der Waals surface area contributed by atoms with Crippen LogP contribution in [0.4, 0.5) is 0 Å². The van der Waals surface area contributed by atoms with Crippen molar-refractivity contribution in [2.75, 3.05) is 18.5 Å². The second-order valence-electron chi connectivity index (χ2n) is 4.68. The van der Waals surface area contributed by atoms with Crippen molar-refractivity contribution in [3.63, 3.8) is 0 Å². The second kappa shape index (κ2) is 7.53. The van der Waals surface area contributed by atoms with Crippen LogP contribution in [0.5, 0.6) is 11.5 Å². The van der Waals surface area contributed by atoms with Crippen LogP contribution < -0.4 is 9.47 Å². The van der Waals surface area contributed by atoms with E-state index < -0.39 is 0 Å². The zero-order valence-corrected chi connectivity index (χ0v) is 12.6. The molecular formula is C15H19BrO3. The molecular weight excluding hydrogens is 308 g/mol. The largest absolute Gasteiger partial charge is 0.493 e. The molecule has 3 nitrogen and oxygen atoms in total. The van der Waals surface area contributed by atoms with Gasteiger partial charge < -0.3 is 9.47 Å². The number of hydrogen-bond acceptors (Lipinski definition) is 3. The predicted molar refractivity (Wildman–Crippen MR) is 78.6 cm³/mol. The number of alkyl halides is 1. The highest BCUT2D eigenvalue weighted by atomic mass is 79.9. The van der Waals surface area contributed by atoms with Gasteiger partial charge in [0.25, 0.3) is 0 Å². The second-order valence-corrected chi connectivity index (χ2v) is 5.47. The third-order valence-electron chi connectivity index (χ3n) is 3.16. The Kier molecular flexibility index (Phi) is 5.70. The zero-order chi connectivity index (χ0) is 13.5. The Hall–Kier alpha value is -1.03. The summed E-state index contributed by atoms with van der Waals surface area (Å²) in [5.41, 5.74) is 0.669. The van der Waals surface area contributed by atoms with Crippen LogP contribution >= 0.6 is 15.9 Å². The number of halogens is 1. The molecule has 1 aliphatic rings. The highest BCUT2D eigenvalue weighted by molar-refractivity contribution is 9.09. The van der Waals surface area contributed by atoms with E-state index >= 15 is 0 Å². The predicted octanol–water partition coefficient (Wildman–Crippen LogP) is 3.99. The number of ketones is 1. The molecule has 0 atom stereocenters. The van der Waals surface area contributed by atoms with Gasteiger partial charge in [0.1, 0.15) is 11.5 Å². The highest BCUT2D eigenvalue weighted by Crippen LogP contribution is 2.29. The minimum atomic E-state index is 0.0494. The quantitative estimate of drug-likeness (QED) is 0.535. The molecule has 0 spiro atoms. The van der Waals surface area contributed by atoms with E-state index in [4.69, 9.17) is 9.47 Å². The van der Waals surface area contributed by atoms with E-state index in [1.807, 2.05) is 12.1 Å². The minimum Gasteiger partial charge on any atom is -0.493 e. The maximum absolute atomic E-state index is 11.4. The minimum absolute atomic E-state index is 0.0494. The first-order chi connectivity index (χ1) is 9.31. The van der Waals surface area contributed by atoms with Gasteiger partial charge in [-0.15, -0.1) is 0 Å². The zero-order valence-electron chi connectivity index (χ0n) is 11.0. The Bertz CT molecular complexity index is 431. The number of Topliss-reactive ketones (excluding diaryl/α,β-unsaturated/α-hetero) is 1. The van der Waals surface area contributed by atoms with Crippen molar-refractivity contribution < 1.29 is 14.3 Å². The van der Waals surface area contributed by atoms with Crippen molar-refractivity contribution in [3.8, 4) is 11.5 Å². The van der Waals surface area contributed by atoms with Gasteiger partial charge in [-0.1, -0.05) is 35.2 Å². The van der Waals surface area contributed by atoms with Gasteiger partial charge in [-0.2, -0.15) is 0 Å². The van der Waals surface area contributed by atoms with Gasteiger partial charge in [-0.05, 0) is 25.0 Å². The lowest BCUT2D eigenvalue weighted by Gasteiger charge is -2.07. The molecule has 0 unspecified atom stereocenters. The Morgan fingerprint density at radius 3 is 2.79 bits per heavy atom. The van der Waals surface area contributed by atoms with Crippen LogP contribution in [0.1, 0.15) is 42.5 Å².